The number of esters is 1. The zero-order chi connectivity index (χ0) is 20.1. The Morgan fingerprint density at radius 1 is 1.07 bits per heavy atom. The summed E-state index contributed by atoms with van der Waals surface area (Å²) in [4.78, 5) is 32.0. The molecule has 1 aliphatic heterocycles. The van der Waals surface area contributed by atoms with Crippen LogP contribution in [0.4, 0.5) is 0 Å². The van der Waals surface area contributed by atoms with Crippen molar-refractivity contribution in [1.29, 1.82) is 0 Å². The van der Waals surface area contributed by atoms with Crippen molar-refractivity contribution in [2.75, 3.05) is 46.4 Å². The number of hydrogen-bond donors (Lipinski definition) is 1. The molecule has 0 radical (unpaired) electrons. The van der Waals surface area contributed by atoms with Crippen molar-refractivity contribution in [3.63, 3.8) is 0 Å². The number of hydrogen-bond acceptors (Lipinski definition) is 5. The van der Waals surface area contributed by atoms with E-state index in [9.17, 15) is 9.59 Å². The Labute approximate surface area is 165 Å². The third-order valence-electron chi connectivity index (χ3n) is 5.12. The maximum Gasteiger partial charge on any atom is 0.339 e. The Bertz CT molecular complexity index is 824. The molecule has 1 amide bonds. The van der Waals surface area contributed by atoms with E-state index in [0.29, 0.717) is 42.2 Å². The van der Waals surface area contributed by atoms with Crippen molar-refractivity contribution in [2.24, 2.45) is 0 Å². The zero-order valence-electron chi connectivity index (χ0n) is 16.7. The summed E-state index contributed by atoms with van der Waals surface area (Å²) in [5, 5.41) is 0. The number of piperazine rings is 1. The number of carbonyl (C=O) groups excluding carboxylic acids is 2. The highest BCUT2D eigenvalue weighted by atomic mass is 16.5. The SMILES string of the molecule is COC(=O)c1c(C)[nH]c(C(=O)N2CCN(CCOc3ccccc3)CC2)c1C. The Kier molecular flexibility index (Phi) is 6.36. The van der Waals surface area contributed by atoms with E-state index in [1.165, 1.54) is 7.11 Å². The van der Waals surface area contributed by atoms with Gasteiger partial charge in [-0.15, -0.1) is 0 Å². The van der Waals surface area contributed by atoms with Gasteiger partial charge in [-0.1, -0.05) is 18.2 Å². The number of nitrogens with one attached hydrogen (secondary N) is 1. The molecule has 0 aliphatic carbocycles. The van der Waals surface area contributed by atoms with Gasteiger partial charge in [0.1, 0.15) is 18.1 Å². The molecule has 0 saturated carbocycles. The molecule has 0 atom stereocenters. The molecule has 2 aromatic rings. The fraction of sp³-hybridized carbons (Fsp3) is 0.429. The largest absolute Gasteiger partial charge is 0.492 e. The lowest BCUT2D eigenvalue weighted by molar-refractivity contribution is 0.0599. The van der Waals surface area contributed by atoms with Crippen LogP contribution in [-0.2, 0) is 4.74 Å². The number of aromatic nitrogens is 1. The fourth-order valence-electron chi connectivity index (χ4n) is 3.51. The lowest BCUT2D eigenvalue weighted by Gasteiger charge is -2.34. The van der Waals surface area contributed by atoms with Gasteiger partial charge in [-0.25, -0.2) is 4.79 Å². The predicted octanol–water partition coefficient (Wildman–Crippen LogP) is 2.25. The van der Waals surface area contributed by atoms with Gasteiger partial charge >= 0.3 is 5.97 Å². The standard InChI is InChI=1S/C21H27N3O4/c1-15-18(21(26)27-3)16(2)22-19(15)20(25)24-11-9-23(10-12-24)13-14-28-17-7-5-4-6-8-17/h4-8,22H,9-14H2,1-3H3. The van der Waals surface area contributed by atoms with Crippen LogP contribution >= 0.6 is 0 Å². The van der Waals surface area contributed by atoms with E-state index in [2.05, 4.69) is 9.88 Å². The number of amides is 1. The van der Waals surface area contributed by atoms with Gasteiger partial charge in [-0.2, -0.15) is 0 Å². The first-order valence-corrected chi connectivity index (χ1v) is 9.48. The van der Waals surface area contributed by atoms with Gasteiger partial charge in [0, 0.05) is 38.4 Å². The molecule has 7 heteroatoms. The summed E-state index contributed by atoms with van der Waals surface area (Å²) in [6, 6.07) is 9.76. The summed E-state index contributed by atoms with van der Waals surface area (Å²) in [7, 11) is 1.34. The van der Waals surface area contributed by atoms with E-state index in [4.69, 9.17) is 9.47 Å². The van der Waals surface area contributed by atoms with Crippen molar-refractivity contribution in [3.05, 3.63) is 52.8 Å². The average Bonchev–Trinajstić information content (AvgIpc) is 3.02. The topological polar surface area (TPSA) is 74.9 Å². The van der Waals surface area contributed by atoms with Crippen molar-refractivity contribution >= 4 is 11.9 Å². The Morgan fingerprint density at radius 2 is 1.75 bits per heavy atom. The minimum atomic E-state index is -0.423. The summed E-state index contributed by atoms with van der Waals surface area (Å²) >= 11 is 0. The molecule has 0 unspecified atom stereocenters. The van der Waals surface area contributed by atoms with Gasteiger partial charge in [-0.3, -0.25) is 9.69 Å². The van der Waals surface area contributed by atoms with Gasteiger partial charge < -0.3 is 19.4 Å². The molecule has 0 bridgehead atoms. The van der Waals surface area contributed by atoms with Gasteiger partial charge in [0.15, 0.2) is 0 Å². The monoisotopic (exact) mass is 385 g/mol. The highest BCUT2D eigenvalue weighted by Crippen LogP contribution is 2.21. The molecule has 1 fully saturated rings. The number of carbonyl (C=O) groups is 2. The maximum absolute atomic E-state index is 12.9. The molecule has 1 N–H and O–H groups in total. The minimum Gasteiger partial charge on any atom is -0.492 e. The third kappa shape index (κ3) is 4.36. The summed E-state index contributed by atoms with van der Waals surface area (Å²) < 4.78 is 10.6. The van der Waals surface area contributed by atoms with Crippen LogP contribution in [0.3, 0.4) is 0 Å². The van der Waals surface area contributed by atoms with Crippen LogP contribution in [0, 0.1) is 13.8 Å². The summed E-state index contributed by atoms with van der Waals surface area (Å²) in [5.74, 6) is 0.375. The number of aromatic amines is 1. The smallest absolute Gasteiger partial charge is 0.339 e. The second-order valence-electron chi connectivity index (χ2n) is 6.91. The summed E-state index contributed by atoms with van der Waals surface area (Å²) in [5.41, 5.74) is 2.22. The first kappa shape index (κ1) is 19.9. The molecule has 1 aliphatic rings. The van der Waals surface area contributed by atoms with Crippen LogP contribution in [-0.4, -0.2) is 73.1 Å². The van der Waals surface area contributed by atoms with Crippen molar-refractivity contribution in [2.45, 2.75) is 13.8 Å². The number of para-hydroxylation sites is 1. The van der Waals surface area contributed by atoms with E-state index in [1.54, 1.807) is 13.8 Å². The second-order valence-corrected chi connectivity index (χ2v) is 6.91. The number of nitrogens with zero attached hydrogens (tertiary/aromatic N) is 2. The zero-order valence-corrected chi connectivity index (χ0v) is 16.7. The van der Waals surface area contributed by atoms with Crippen molar-refractivity contribution in [1.82, 2.24) is 14.8 Å². The Hall–Kier alpha value is -2.80. The van der Waals surface area contributed by atoms with Gasteiger partial charge in [-0.05, 0) is 31.5 Å². The molecule has 1 aromatic heterocycles. The van der Waals surface area contributed by atoms with Crippen LogP contribution in [0.2, 0.25) is 0 Å². The van der Waals surface area contributed by atoms with Gasteiger partial charge in [0.2, 0.25) is 0 Å². The number of aryl methyl sites for hydroxylation is 1. The van der Waals surface area contributed by atoms with Crippen LogP contribution in [0.25, 0.3) is 0 Å². The predicted molar refractivity (Wildman–Crippen MR) is 106 cm³/mol. The van der Waals surface area contributed by atoms with Crippen molar-refractivity contribution in [3.8, 4) is 5.75 Å². The Morgan fingerprint density at radius 3 is 2.39 bits per heavy atom. The van der Waals surface area contributed by atoms with Crippen LogP contribution < -0.4 is 4.74 Å². The number of benzene rings is 1. The number of methoxy groups -OCH3 is 1. The van der Waals surface area contributed by atoms with Crippen LogP contribution in [0.15, 0.2) is 30.3 Å². The van der Waals surface area contributed by atoms with Gasteiger partial charge in [0.05, 0.1) is 12.7 Å². The lowest BCUT2D eigenvalue weighted by atomic mass is 10.1. The summed E-state index contributed by atoms with van der Waals surface area (Å²) in [6.07, 6.45) is 0. The van der Waals surface area contributed by atoms with E-state index < -0.39 is 5.97 Å². The second kappa shape index (κ2) is 8.93. The summed E-state index contributed by atoms with van der Waals surface area (Å²) in [6.45, 7) is 7.89. The van der Waals surface area contributed by atoms with Crippen LogP contribution in [0.5, 0.6) is 5.75 Å². The van der Waals surface area contributed by atoms with E-state index in [0.717, 1.165) is 25.4 Å². The normalized spacial score (nSPS) is 14.8. The molecule has 1 saturated heterocycles. The lowest BCUT2D eigenvalue weighted by Crippen LogP contribution is -2.49. The quantitative estimate of drug-likeness (QED) is 0.772. The molecule has 1 aromatic carbocycles. The van der Waals surface area contributed by atoms with E-state index in [-0.39, 0.29) is 5.91 Å². The highest BCUT2D eigenvalue weighted by molar-refractivity contribution is 6.00. The number of ether oxygens (including phenoxy) is 2. The molecule has 7 nitrogen and oxygen atoms in total. The molecular weight excluding hydrogens is 358 g/mol. The van der Waals surface area contributed by atoms with Crippen molar-refractivity contribution < 1.29 is 19.1 Å². The molecule has 150 valence electrons. The van der Waals surface area contributed by atoms with E-state index >= 15 is 0 Å². The number of H-pyrrole nitrogens is 1. The third-order valence-corrected chi connectivity index (χ3v) is 5.12. The average molecular weight is 385 g/mol. The molecule has 2 heterocycles. The van der Waals surface area contributed by atoms with E-state index in [1.807, 2.05) is 35.2 Å². The molecular formula is C21H27N3O4. The molecule has 0 spiro atoms. The Balaban J connectivity index is 1.52. The van der Waals surface area contributed by atoms with Crippen LogP contribution in [0.1, 0.15) is 32.1 Å². The minimum absolute atomic E-state index is 0.0732. The molecule has 3 rings (SSSR count). The maximum atomic E-state index is 12.9. The first-order chi connectivity index (χ1) is 13.5. The fourth-order valence-corrected chi connectivity index (χ4v) is 3.51. The first-order valence-electron chi connectivity index (χ1n) is 9.48. The highest BCUT2D eigenvalue weighted by Gasteiger charge is 2.27. The molecule has 28 heavy (non-hydrogen) atoms. The number of rotatable bonds is 6. The van der Waals surface area contributed by atoms with Gasteiger partial charge in [0.25, 0.3) is 5.91 Å².